The molecule has 1 N–H and O–H groups in total. The molecule has 0 aromatic heterocycles. The minimum Gasteiger partial charge on any atom is -0.322 e. The lowest BCUT2D eigenvalue weighted by Crippen LogP contribution is -2.09. The quantitative estimate of drug-likeness (QED) is 0.486. The first kappa shape index (κ1) is 17.0. The van der Waals surface area contributed by atoms with Crippen molar-refractivity contribution < 1.29 is 9.72 Å². The van der Waals surface area contributed by atoms with Gasteiger partial charge >= 0.3 is 0 Å². The predicted octanol–water partition coefficient (Wildman–Crippen LogP) is 4.86. The summed E-state index contributed by atoms with van der Waals surface area (Å²) >= 11 is 11.8. The molecule has 0 aliphatic carbocycles. The Labute approximate surface area is 142 Å². The number of nitrogens with zero attached hydrogens (tertiary/aromatic N) is 1. The fraction of sp³-hybridized carbons (Fsp3) is 0.0625. The maximum absolute atomic E-state index is 11.9. The summed E-state index contributed by atoms with van der Waals surface area (Å²) in [6, 6.07) is 9.19. The van der Waals surface area contributed by atoms with Gasteiger partial charge in [0, 0.05) is 33.9 Å². The summed E-state index contributed by atoms with van der Waals surface area (Å²) in [5.74, 6) is -0.368. The number of hydrogen-bond acceptors (Lipinski definition) is 3. The second-order valence-electron chi connectivity index (χ2n) is 4.74. The van der Waals surface area contributed by atoms with Gasteiger partial charge in [0.25, 0.3) is 5.69 Å². The number of amides is 1. The molecule has 0 aliphatic rings. The third kappa shape index (κ3) is 4.55. The maximum atomic E-state index is 11.9. The first-order chi connectivity index (χ1) is 10.9. The van der Waals surface area contributed by atoms with E-state index < -0.39 is 4.92 Å². The van der Waals surface area contributed by atoms with Crippen molar-refractivity contribution in [3.8, 4) is 0 Å². The van der Waals surface area contributed by atoms with Crippen molar-refractivity contribution in [1.29, 1.82) is 0 Å². The van der Waals surface area contributed by atoms with Gasteiger partial charge in [-0.15, -0.1) is 0 Å². The van der Waals surface area contributed by atoms with E-state index in [0.717, 1.165) is 0 Å². The van der Waals surface area contributed by atoms with Gasteiger partial charge in [-0.05, 0) is 42.3 Å². The number of nitro groups is 1. The van der Waals surface area contributed by atoms with Crippen LogP contribution < -0.4 is 5.32 Å². The van der Waals surface area contributed by atoms with Crippen LogP contribution in [0, 0.1) is 17.0 Å². The number of benzene rings is 2. The fourth-order valence-corrected chi connectivity index (χ4v) is 2.35. The van der Waals surface area contributed by atoms with Gasteiger partial charge in [-0.1, -0.05) is 29.3 Å². The summed E-state index contributed by atoms with van der Waals surface area (Å²) in [6.45, 7) is 1.68. The summed E-state index contributed by atoms with van der Waals surface area (Å²) in [5.41, 5.74) is 1.74. The Balaban J connectivity index is 2.10. The Morgan fingerprint density at radius 2 is 1.96 bits per heavy atom. The van der Waals surface area contributed by atoms with Gasteiger partial charge in [0.05, 0.1) is 4.92 Å². The smallest absolute Gasteiger partial charge is 0.269 e. The number of rotatable bonds is 4. The van der Waals surface area contributed by atoms with E-state index in [1.807, 2.05) is 0 Å². The Kier molecular flexibility index (Phi) is 5.36. The fourth-order valence-electron chi connectivity index (χ4n) is 1.88. The van der Waals surface area contributed by atoms with E-state index in [-0.39, 0.29) is 11.6 Å². The molecule has 118 valence electrons. The van der Waals surface area contributed by atoms with Crippen LogP contribution in [0.5, 0.6) is 0 Å². The lowest BCUT2D eigenvalue weighted by atomic mass is 10.1. The molecular weight excluding hydrogens is 339 g/mol. The minimum atomic E-state index is -0.485. The molecule has 0 saturated carbocycles. The molecular formula is C16H12Cl2N2O3. The number of aryl methyl sites for hydroxylation is 1. The average molecular weight is 351 g/mol. The normalized spacial score (nSPS) is 10.7. The van der Waals surface area contributed by atoms with Gasteiger partial charge in [0.1, 0.15) is 0 Å². The van der Waals surface area contributed by atoms with E-state index in [4.69, 9.17) is 23.2 Å². The van der Waals surface area contributed by atoms with Gasteiger partial charge in [-0.25, -0.2) is 0 Å². The Morgan fingerprint density at radius 3 is 2.57 bits per heavy atom. The van der Waals surface area contributed by atoms with E-state index >= 15 is 0 Å². The molecule has 0 unspecified atom stereocenters. The van der Waals surface area contributed by atoms with E-state index in [9.17, 15) is 14.9 Å². The van der Waals surface area contributed by atoms with Crippen molar-refractivity contribution in [3.63, 3.8) is 0 Å². The molecule has 0 saturated heterocycles. The highest BCUT2D eigenvalue weighted by Crippen LogP contribution is 2.23. The van der Waals surface area contributed by atoms with Crippen molar-refractivity contribution >= 4 is 46.6 Å². The highest BCUT2D eigenvalue weighted by molar-refractivity contribution is 6.35. The van der Waals surface area contributed by atoms with Crippen LogP contribution in [0.1, 0.15) is 11.1 Å². The maximum Gasteiger partial charge on any atom is 0.269 e. The molecule has 2 aromatic carbocycles. The number of carbonyl (C=O) groups excluding carboxylic acids is 1. The summed E-state index contributed by atoms with van der Waals surface area (Å²) < 4.78 is 0. The highest BCUT2D eigenvalue weighted by atomic mass is 35.5. The first-order valence-electron chi connectivity index (χ1n) is 6.56. The Bertz CT molecular complexity index is 804. The lowest BCUT2D eigenvalue weighted by molar-refractivity contribution is -0.384. The lowest BCUT2D eigenvalue weighted by Gasteiger charge is -2.06. The van der Waals surface area contributed by atoms with Gasteiger partial charge < -0.3 is 5.32 Å². The van der Waals surface area contributed by atoms with Crippen LogP contribution in [0.2, 0.25) is 10.0 Å². The molecule has 0 bridgehead atoms. The van der Waals surface area contributed by atoms with Gasteiger partial charge in [0.2, 0.25) is 5.91 Å². The number of halogens is 2. The van der Waals surface area contributed by atoms with Crippen molar-refractivity contribution in [2.45, 2.75) is 6.92 Å². The predicted molar refractivity (Wildman–Crippen MR) is 92.0 cm³/mol. The number of non-ortho nitro benzene ring substituents is 1. The number of carbonyl (C=O) groups is 1. The van der Waals surface area contributed by atoms with E-state index in [0.29, 0.717) is 26.9 Å². The summed E-state index contributed by atoms with van der Waals surface area (Å²) in [7, 11) is 0. The molecule has 0 heterocycles. The molecule has 2 rings (SSSR count). The van der Waals surface area contributed by atoms with Gasteiger partial charge in [-0.3, -0.25) is 14.9 Å². The second-order valence-corrected chi connectivity index (χ2v) is 5.59. The van der Waals surface area contributed by atoms with Crippen LogP contribution in [-0.2, 0) is 4.79 Å². The van der Waals surface area contributed by atoms with Gasteiger partial charge in [0.15, 0.2) is 0 Å². The summed E-state index contributed by atoms with van der Waals surface area (Å²) in [4.78, 5) is 22.1. The average Bonchev–Trinajstić information content (AvgIpc) is 2.48. The van der Waals surface area contributed by atoms with Crippen molar-refractivity contribution in [2.24, 2.45) is 0 Å². The number of nitrogens with one attached hydrogen (secondary N) is 1. The number of hydrogen-bond donors (Lipinski definition) is 1. The standard InChI is InChI=1S/C16H12Cl2N2O3/c1-10-8-13(20(22)23)5-6-15(10)19-16(21)7-3-11-2-4-12(17)9-14(11)18/h2-9H,1H3,(H,19,21)/b7-3+. The van der Waals surface area contributed by atoms with Crippen LogP contribution in [0.4, 0.5) is 11.4 Å². The molecule has 0 atom stereocenters. The highest BCUT2D eigenvalue weighted by Gasteiger charge is 2.09. The number of nitro benzene ring substituents is 1. The molecule has 5 nitrogen and oxygen atoms in total. The van der Waals surface area contributed by atoms with Gasteiger partial charge in [-0.2, -0.15) is 0 Å². The minimum absolute atomic E-state index is 0.0241. The Morgan fingerprint density at radius 1 is 1.22 bits per heavy atom. The molecule has 23 heavy (non-hydrogen) atoms. The monoisotopic (exact) mass is 350 g/mol. The van der Waals surface area contributed by atoms with Crippen molar-refractivity contribution in [3.05, 3.63) is 73.8 Å². The topological polar surface area (TPSA) is 72.2 Å². The van der Waals surface area contributed by atoms with Crippen molar-refractivity contribution in [2.75, 3.05) is 5.32 Å². The third-order valence-electron chi connectivity index (χ3n) is 3.06. The van der Waals surface area contributed by atoms with Crippen LogP contribution in [-0.4, -0.2) is 10.8 Å². The molecule has 2 aromatic rings. The molecule has 0 spiro atoms. The zero-order chi connectivity index (χ0) is 17.0. The Hall–Kier alpha value is -2.37. The van der Waals surface area contributed by atoms with Crippen LogP contribution >= 0.6 is 23.2 Å². The zero-order valence-electron chi connectivity index (χ0n) is 12.0. The van der Waals surface area contributed by atoms with Crippen LogP contribution in [0.3, 0.4) is 0 Å². The largest absolute Gasteiger partial charge is 0.322 e. The third-order valence-corrected chi connectivity index (χ3v) is 3.62. The van der Waals surface area contributed by atoms with Crippen LogP contribution in [0.25, 0.3) is 6.08 Å². The van der Waals surface area contributed by atoms with Crippen molar-refractivity contribution in [1.82, 2.24) is 0 Å². The number of anilines is 1. The first-order valence-corrected chi connectivity index (χ1v) is 7.31. The zero-order valence-corrected chi connectivity index (χ0v) is 13.6. The SMILES string of the molecule is Cc1cc([N+](=O)[O-])ccc1NC(=O)/C=C/c1ccc(Cl)cc1Cl. The van der Waals surface area contributed by atoms with E-state index in [2.05, 4.69) is 5.32 Å². The summed E-state index contributed by atoms with van der Waals surface area (Å²) in [5, 5.41) is 14.3. The van der Waals surface area contributed by atoms with E-state index in [1.165, 1.54) is 24.3 Å². The molecule has 7 heteroatoms. The molecule has 0 fully saturated rings. The van der Waals surface area contributed by atoms with Crippen LogP contribution in [0.15, 0.2) is 42.5 Å². The second kappa shape index (κ2) is 7.26. The molecule has 0 aliphatic heterocycles. The summed E-state index contributed by atoms with van der Waals surface area (Å²) in [6.07, 6.45) is 2.89. The molecule has 1 amide bonds. The van der Waals surface area contributed by atoms with E-state index in [1.54, 1.807) is 31.2 Å². The molecule has 0 radical (unpaired) electrons.